The van der Waals surface area contributed by atoms with E-state index in [0.29, 0.717) is 13.1 Å². The second-order valence-corrected chi connectivity index (χ2v) is 4.75. The summed E-state index contributed by atoms with van der Waals surface area (Å²) in [5.41, 5.74) is 5.26. The van der Waals surface area contributed by atoms with Crippen molar-refractivity contribution in [3.63, 3.8) is 0 Å². The first-order valence-electron chi connectivity index (χ1n) is 6.17. The largest absolute Gasteiger partial charge is 0.369 e. The van der Waals surface area contributed by atoms with Gasteiger partial charge in [0.2, 0.25) is 11.8 Å². The van der Waals surface area contributed by atoms with Crippen molar-refractivity contribution in [2.75, 3.05) is 45.8 Å². The smallest absolute Gasteiger partial charge is 0.236 e. The second-order valence-electron chi connectivity index (χ2n) is 4.75. The van der Waals surface area contributed by atoms with Crippen LogP contribution in [0.4, 0.5) is 0 Å². The van der Waals surface area contributed by atoms with Crippen molar-refractivity contribution in [1.82, 2.24) is 15.1 Å². The first kappa shape index (κ1) is 12.3. The first-order chi connectivity index (χ1) is 8.16. The molecule has 0 aromatic rings. The third kappa shape index (κ3) is 3.17. The quantitative estimate of drug-likeness (QED) is 0.611. The number of likely N-dealkylation sites (tertiary alicyclic amines) is 1. The van der Waals surface area contributed by atoms with Gasteiger partial charge >= 0.3 is 0 Å². The molecular formula is C11H20N4O2. The van der Waals surface area contributed by atoms with Crippen LogP contribution in [0, 0.1) is 5.92 Å². The molecule has 0 aliphatic carbocycles. The van der Waals surface area contributed by atoms with Crippen molar-refractivity contribution in [1.29, 1.82) is 0 Å². The molecule has 96 valence electrons. The predicted molar refractivity (Wildman–Crippen MR) is 63.2 cm³/mol. The first-order valence-corrected chi connectivity index (χ1v) is 6.17. The third-order valence-electron chi connectivity index (χ3n) is 3.50. The molecule has 6 nitrogen and oxygen atoms in total. The minimum absolute atomic E-state index is 0.0779. The number of nitrogens with two attached hydrogens (primary N) is 1. The molecule has 0 spiro atoms. The number of nitrogens with one attached hydrogen (secondary N) is 1. The van der Waals surface area contributed by atoms with Crippen molar-refractivity contribution in [2.24, 2.45) is 11.7 Å². The van der Waals surface area contributed by atoms with E-state index in [1.54, 1.807) is 0 Å². The lowest BCUT2D eigenvalue weighted by Gasteiger charge is -2.29. The van der Waals surface area contributed by atoms with E-state index in [2.05, 4.69) is 5.32 Å². The summed E-state index contributed by atoms with van der Waals surface area (Å²) >= 11 is 0. The van der Waals surface area contributed by atoms with Crippen LogP contribution in [0.15, 0.2) is 0 Å². The van der Waals surface area contributed by atoms with Gasteiger partial charge in [-0.25, -0.2) is 0 Å². The molecular weight excluding hydrogens is 220 g/mol. The fourth-order valence-corrected chi connectivity index (χ4v) is 2.41. The molecule has 2 saturated heterocycles. The Hall–Kier alpha value is -1.14. The zero-order valence-corrected chi connectivity index (χ0v) is 10.0. The van der Waals surface area contributed by atoms with Crippen molar-refractivity contribution < 1.29 is 9.59 Å². The highest BCUT2D eigenvalue weighted by molar-refractivity contribution is 5.79. The SMILES string of the molecule is NC(=O)C1CCN(CC(=O)N2CCNCC2)C1. The summed E-state index contributed by atoms with van der Waals surface area (Å²) in [7, 11) is 0. The average molecular weight is 240 g/mol. The van der Waals surface area contributed by atoms with Crippen LogP contribution >= 0.6 is 0 Å². The highest BCUT2D eigenvalue weighted by Gasteiger charge is 2.28. The molecule has 0 radical (unpaired) electrons. The number of carbonyl (C=O) groups is 2. The number of hydrogen-bond acceptors (Lipinski definition) is 4. The van der Waals surface area contributed by atoms with Gasteiger partial charge in [0.15, 0.2) is 0 Å². The number of nitrogens with zero attached hydrogens (tertiary/aromatic N) is 2. The van der Waals surface area contributed by atoms with Gasteiger partial charge in [-0.3, -0.25) is 14.5 Å². The average Bonchev–Trinajstić information content (AvgIpc) is 2.79. The maximum Gasteiger partial charge on any atom is 0.236 e. The van der Waals surface area contributed by atoms with Gasteiger partial charge in [0.05, 0.1) is 12.5 Å². The van der Waals surface area contributed by atoms with Gasteiger partial charge in [-0.1, -0.05) is 0 Å². The highest BCUT2D eigenvalue weighted by Crippen LogP contribution is 2.15. The Labute approximate surface area is 101 Å². The molecule has 0 aromatic heterocycles. The standard InChI is InChI=1S/C11H20N4O2/c12-11(17)9-1-4-14(7-9)8-10(16)15-5-2-13-3-6-15/h9,13H,1-8H2,(H2,12,17). The maximum atomic E-state index is 12.0. The molecule has 0 saturated carbocycles. The molecule has 2 aliphatic rings. The zero-order valence-electron chi connectivity index (χ0n) is 10.0. The molecule has 3 N–H and O–H groups in total. The summed E-state index contributed by atoms with van der Waals surface area (Å²) in [4.78, 5) is 26.9. The number of amides is 2. The number of hydrogen-bond donors (Lipinski definition) is 2. The Bertz CT molecular complexity index is 302. The number of piperazine rings is 1. The highest BCUT2D eigenvalue weighted by atomic mass is 16.2. The van der Waals surface area contributed by atoms with Crippen LogP contribution in [0.25, 0.3) is 0 Å². The minimum atomic E-state index is -0.248. The Morgan fingerprint density at radius 3 is 2.53 bits per heavy atom. The lowest BCUT2D eigenvalue weighted by molar-refractivity contribution is -0.133. The van der Waals surface area contributed by atoms with E-state index in [0.717, 1.165) is 39.1 Å². The molecule has 2 amide bonds. The minimum Gasteiger partial charge on any atom is -0.369 e. The number of carbonyl (C=O) groups excluding carboxylic acids is 2. The summed E-state index contributed by atoms with van der Waals surface area (Å²) in [6.07, 6.45) is 0.782. The van der Waals surface area contributed by atoms with Crippen LogP contribution in [0.3, 0.4) is 0 Å². The molecule has 1 atom stereocenters. The van der Waals surface area contributed by atoms with E-state index in [-0.39, 0.29) is 17.7 Å². The van der Waals surface area contributed by atoms with Crippen LogP contribution in [0.2, 0.25) is 0 Å². The van der Waals surface area contributed by atoms with Gasteiger partial charge in [-0.2, -0.15) is 0 Å². The number of primary amides is 1. The Morgan fingerprint density at radius 2 is 1.94 bits per heavy atom. The lowest BCUT2D eigenvalue weighted by atomic mass is 10.1. The van der Waals surface area contributed by atoms with E-state index in [1.165, 1.54) is 0 Å². The zero-order chi connectivity index (χ0) is 12.3. The van der Waals surface area contributed by atoms with Crippen LogP contribution in [-0.2, 0) is 9.59 Å². The third-order valence-corrected chi connectivity index (χ3v) is 3.50. The fraction of sp³-hybridized carbons (Fsp3) is 0.818. The van der Waals surface area contributed by atoms with Gasteiger partial charge in [0.25, 0.3) is 0 Å². The van der Waals surface area contributed by atoms with Gasteiger partial charge < -0.3 is 16.0 Å². The fourth-order valence-electron chi connectivity index (χ4n) is 2.41. The predicted octanol–water partition coefficient (Wildman–Crippen LogP) is -1.77. The Balaban J connectivity index is 1.77. The maximum absolute atomic E-state index is 12.0. The molecule has 17 heavy (non-hydrogen) atoms. The van der Waals surface area contributed by atoms with Crippen molar-refractivity contribution in [3.05, 3.63) is 0 Å². The van der Waals surface area contributed by atoms with Gasteiger partial charge in [0.1, 0.15) is 0 Å². The van der Waals surface area contributed by atoms with Crippen molar-refractivity contribution in [3.8, 4) is 0 Å². The van der Waals surface area contributed by atoms with E-state index >= 15 is 0 Å². The van der Waals surface area contributed by atoms with Gasteiger partial charge in [-0.05, 0) is 13.0 Å². The van der Waals surface area contributed by atoms with E-state index < -0.39 is 0 Å². The lowest BCUT2D eigenvalue weighted by Crippen LogP contribution is -2.49. The summed E-state index contributed by atoms with van der Waals surface area (Å²) in [6.45, 7) is 5.16. The topological polar surface area (TPSA) is 78.7 Å². The molecule has 0 aromatic carbocycles. The molecule has 2 heterocycles. The summed E-state index contributed by atoms with van der Waals surface area (Å²) in [5.74, 6) is -0.162. The Morgan fingerprint density at radius 1 is 1.24 bits per heavy atom. The Kier molecular flexibility index (Phi) is 3.96. The second kappa shape index (κ2) is 5.46. The van der Waals surface area contributed by atoms with E-state index in [4.69, 9.17) is 5.73 Å². The van der Waals surface area contributed by atoms with Crippen LogP contribution < -0.4 is 11.1 Å². The van der Waals surface area contributed by atoms with Crippen molar-refractivity contribution >= 4 is 11.8 Å². The van der Waals surface area contributed by atoms with E-state index in [1.807, 2.05) is 9.80 Å². The van der Waals surface area contributed by atoms with E-state index in [9.17, 15) is 9.59 Å². The van der Waals surface area contributed by atoms with Crippen LogP contribution in [0.1, 0.15) is 6.42 Å². The summed E-state index contributed by atoms with van der Waals surface area (Å²) in [6, 6.07) is 0. The van der Waals surface area contributed by atoms with Gasteiger partial charge in [-0.15, -0.1) is 0 Å². The molecule has 2 rings (SSSR count). The monoisotopic (exact) mass is 240 g/mol. The van der Waals surface area contributed by atoms with Gasteiger partial charge in [0, 0.05) is 32.7 Å². The molecule has 6 heteroatoms. The molecule has 2 aliphatic heterocycles. The van der Waals surface area contributed by atoms with Crippen LogP contribution in [-0.4, -0.2) is 67.4 Å². The molecule has 1 unspecified atom stereocenters. The normalized spacial score (nSPS) is 26.1. The van der Waals surface area contributed by atoms with Crippen LogP contribution in [0.5, 0.6) is 0 Å². The van der Waals surface area contributed by atoms with Crippen molar-refractivity contribution in [2.45, 2.75) is 6.42 Å². The summed E-state index contributed by atoms with van der Waals surface area (Å²) in [5, 5.41) is 3.22. The molecule has 2 fully saturated rings. The molecule has 0 bridgehead atoms. The number of rotatable bonds is 3. The summed E-state index contributed by atoms with van der Waals surface area (Å²) < 4.78 is 0.